The fourth-order valence-electron chi connectivity index (χ4n) is 7.85. The molecule has 0 N–H and O–H groups in total. The highest BCUT2D eigenvalue weighted by Crippen LogP contribution is 2.30. The van der Waals surface area contributed by atoms with Crippen molar-refractivity contribution in [1.82, 2.24) is 49.8 Å². The molecule has 0 aliphatic carbocycles. The molecule has 0 saturated carbocycles. The van der Waals surface area contributed by atoms with E-state index in [1.807, 2.05) is 57.2 Å². The van der Waals surface area contributed by atoms with Gasteiger partial charge in [-0.05, 0) is 111 Å². The van der Waals surface area contributed by atoms with Gasteiger partial charge in [0, 0.05) is 28.0 Å². The van der Waals surface area contributed by atoms with Crippen LogP contribution in [0.5, 0.6) is 11.8 Å². The average Bonchev–Trinajstić information content (AvgIpc) is 4.09. The maximum atomic E-state index is 13.6. The maximum Gasteiger partial charge on any atom is 0.344 e. The van der Waals surface area contributed by atoms with Crippen LogP contribution in [0.3, 0.4) is 0 Å². The summed E-state index contributed by atoms with van der Waals surface area (Å²) < 4.78 is 22.8. The van der Waals surface area contributed by atoms with Crippen LogP contribution in [0.4, 0.5) is 0 Å². The Kier molecular flexibility index (Phi) is 15.1. The summed E-state index contributed by atoms with van der Waals surface area (Å²) >= 11 is 2.05. The molecule has 4 atom stereocenters. The second-order valence-electron chi connectivity index (χ2n) is 15.4. The van der Waals surface area contributed by atoms with Crippen molar-refractivity contribution in [2.45, 2.75) is 77.2 Å². The van der Waals surface area contributed by atoms with Crippen LogP contribution in [0, 0.1) is 3.57 Å². The molecule has 65 heavy (non-hydrogen) atoms. The largest absolute Gasteiger partial charge is 0.472 e. The van der Waals surface area contributed by atoms with Gasteiger partial charge in [-0.25, -0.2) is 19.6 Å². The van der Waals surface area contributed by atoms with Gasteiger partial charge in [0.2, 0.25) is 11.8 Å². The number of carbonyl (C=O) groups excluding carboxylic acids is 4. The molecule has 2 saturated heterocycles. The number of aryl methyl sites for hydroxylation is 1. The number of likely N-dealkylation sites (tertiary alicyclic amines) is 2. The third-order valence-electron chi connectivity index (χ3n) is 11.3. The number of amides is 2. The van der Waals surface area contributed by atoms with Crippen LogP contribution in [0.15, 0.2) is 97.8 Å². The molecule has 0 spiro atoms. The molecule has 2 amide bonds. The van der Waals surface area contributed by atoms with Gasteiger partial charge in [-0.1, -0.05) is 31.2 Å². The Bertz CT molecular complexity index is 2610. The highest BCUT2D eigenvalue weighted by atomic mass is 127. The zero-order chi connectivity index (χ0) is 46.0. The van der Waals surface area contributed by atoms with Gasteiger partial charge in [0.1, 0.15) is 23.3 Å². The van der Waals surface area contributed by atoms with Crippen molar-refractivity contribution in [3.05, 3.63) is 129 Å². The zero-order valence-electron chi connectivity index (χ0n) is 36.6. The van der Waals surface area contributed by atoms with Crippen molar-refractivity contribution in [3.8, 4) is 23.1 Å². The van der Waals surface area contributed by atoms with E-state index in [9.17, 15) is 19.2 Å². The van der Waals surface area contributed by atoms with E-state index < -0.39 is 11.9 Å². The highest BCUT2D eigenvalue weighted by molar-refractivity contribution is 14.1. The van der Waals surface area contributed by atoms with Gasteiger partial charge in [0.15, 0.2) is 0 Å². The first kappa shape index (κ1) is 46.2. The number of halogens is 1. The number of hydrogen-bond donors (Lipinski definition) is 0. The van der Waals surface area contributed by atoms with Gasteiger partial charge >= 0.3 is 11.9 Å². The number of methoxy groups -OCH3 is 2. The fraction of sp³-hybridized carbons (Fsp3) is 0.348. The SMILES string of the molecule is CCc1ccnc(O[C@@H]2CC[C@@H](C)N(C(=O)c3ccccc3-n3nccn3)C2)c1C(=O)OC.COC(=O)c1c(I)ccnc1O[C@@H]1CC[C@@H](C)N(C(=O)c2ccccc2-n2nccn2)C1. The summed E-state index contributed by atoms with van der Waals surface area (Å²) in [5, 5.41) is 16.7. The second kappa shape index (κ2) is 21.3. The lowest BCUT2D eigenvalue weighted by molar-refractivity contribution is 0.0357. The third kappa shape index (κ3) is 10.5. The fourth-order valence-corrected chi connectivity index (χ4v) is 8.46. The number of aromatic nitrogens is 8. The predicted octanol–water partition coefficient (Wildman–Crippen LogP) is 6.21. The Morgan fingerprint density at radius 2 is 1.03 bits per heavy atom. The number of benzene rings is 2. The first-order chi connectivity index (χ1) is 31.5. The van der Waals surface area contributed by atoms with E-state index in [0.717, 1.165) is 31.2 Å². The van der Waals surface area contributed by atoms with Crippen LogP contribution >= 0.6 is 22.6 Å². The van der Waals surface area contributed by atoms with Crippen molar-refractivity contribution in [3.63, 3.8) is 0 Å². The minimum atomic E-state index is -0.504. The lowest BCUT2D eigenvalue weighted by Gasteiger charge is -2.38. The lowest BCUT2D eigenvalue weighted by Crippen LogP contribution is -2.49. The van der Waals surface area contributed by atoms with E-state index in [2.05, 4.69) is 53.0 Å². The summed E-state index contributed by atoms with van der Waals surface area (Å²) in [5.41, 5.74) is 3.71. The summed E-state index contributed by atoms with van der Waals surface area (Å²) in [4.78, 5) is 66.7. The lowest BCUT2D eigenvalue weighted by atomic mass is 9.99. The van der Waals surface area contributed by atoms with Crippen molar-refractivity contribution < 1.29 is 38.1 Å². The Hall–Kier alpha value is -6.77. The first-order valence-corrected chi connectivity index (χ1v) is 22.3. The van der Waals surface area contributed by atoms with E-state index in [0.29, 0.717) is 56.7 Å². The molecule has 2 aliphatic rings. The standard InChI is InChI=1S/C24H27N5O4.C22H22IN5O4/c1-4-17-11-12-25-22(21(17)24(31)32-3)33-18-10-9-16(2)28(15-18)23(30)19-7-5-6-8-20(19)29-26-13-14-27-29;1-14-7-8-15(32-20-19(22(30)31-2)17(23)9-10-24-20)13-27(14)21(29)16-5-3-4-6-18(16)28-25-11-12-26-28/h5-8,11-14,16,18H,4,9-10,15H2,1-3H3;3-6,9-12,14-15H,7-8,13H2,1-2H3/t16-,18-;14-,15-/m11/s1. The third-order valence-corrected chi connectivity index (χ3v) is 12.2. The number of pyridine rings is 2. The molecule has 0 bridgehead atoms. The van der Waals surface area contributed by atoms with Crippen LogP contribution in [0.25, 0.3) is 11.4 Å². The number of piperidine rings is 2. The Labute approximate surface area is 389 Å². The van der Waals surface area contributed by atoms with E-state index in [-0.39, 0.29) is 47.9 Å². The summed E-state index contributed by atoms with van der Waals surface area (Å²) in [6, 6.07) is 18.1. The molecular formula is C46H49IN10O8. The molecule has 4 aromatic heterocycles. The number of rotatable bonds is 11. The molecule has 0 unspecified atom stereocenters. The molecule has 6 heterocycles. The number of hydrogen-bond acceptors (Lipinski definition) is 14. The molecule has 2 aliphatic heterocycles. The normalized spacial score (nSPS) is 18.2. The summed E-state index contributed by atoms with van der Waals surface area (Å²) in [6.07, 6.45) is 12.5. The van der Waals surface area contributed by atoms with Crippen molar-refractivity contribution >= 4 is 46.3 Å². The minimum absolute atomic E-state index is 0.0323. The van der Waals surface area contributed by atoms with E-state index in [1.165, 1.54) is 23.8 Å². The van der Waals surface area contributed by atoms with Gasteiger partial charge in [0.05, 0.1) is 74.6 Å². The topological polar surface area (TPSA) is 199 Å². The van der Waals surface area contributed by atoms with E-state index in [1.54, 1.807) is 71.2 Å². The number of carbonyl (C=O) groups is 4. The van der Waals surface area contributed by atoms with Gasteiger partial charge in [-0.2, -0.15) is 30.0 Å². The molecule has 338 valence electrons. The highest BCUT2D eigenvalue weighted by Gasteiger charge is 2.35. The number of para-hydroxylation sites is 2. The molecule has 2 fully saturated rings. The van der Waals surface area contributed by atoms with Crippen molar-refractivity contribution in [2.75, 3.05) is 27.3 Å². The quantitative estimate of drug-likeness (QED) is 0.105. The monoisotopic (exact) mass is 996 g/mol. The van der Waals surface area contributed by atoms with Crippen molar-refractivity contribution in [2.24, 2.45) is 0 Å². The molecular weight excluding hydrogens is 947 g/mol. The summed E-state index contributed by atoms with van der Waals surface area (Å²) in [5.74, 6) is -0.760. The number of nitrogens with zero attached hydrogens (tertiary/aromatic N) is 10. The summed E-state index contributed by atoms with van der Waals surface area (Å²) in [6.45, 7) is 6.75. The maximum absolute atomic E-state index is 13.6. The molecule has 6 aromatic rings. The number of ether oxygens (including phenoxy) is 4. The molecule has 19 heteroatoms. The Balaban J connectivity index is 0.000000194. The minimum Gasteiger partial charge on any atom is -0.472 e. The first-order valence-electron chi connectivity index (χ1n) is 21.2. The van der Waals surface area contributed by atoms with Crippen LogP contribution in [-0.4, -0.2) is 125 Å². The van der Waals surface area contributed by atoms with Gasteiger partial charge in [-0.3, -0.25) is 9.59 Å². The zero-order valence-corrected chi connectivity index (χ0v) is 38.8. The predicted molar refractivity (Wildman–Crippen MR) is 244 cm³/mol. The van der Waals surface area contributed by atoms with Crippen LogP contribution in [0.2, 0.25) is 0 Å². The van der Waals surface area contributed by atoms with Gasteiger partial charge in [-0.15, -0.1) is 0 Å². The molecule has 18 nitrogen and oxygen atoms in total. The second-order valence-corrected chi connectivity index (χ2v) is 16.5. The Morgan fingerprint density at radius 3 is 1.49 bits per heavy atom. The van der Waals surface area contributed by atoms with Gasteiger partial charge < -0.3 is 28.7 Å². The van der Waals surface area contributed by atoms with Crippen LogP contribution in [0.1, 0.15) is 93.4 Å². The van der Waals surface area contributed by atoms with Crippen LogP contribution < -0.4 is 9.47 Å². The smallest absolute Gasteiger partial charge is 0.344 e. The van der Waals surface area contributed by atoms with Crippen molar-refractivity contribution in [1.29, 1.82) is 0 Å². The van der Waals surface area contributed by atoms with E-state index in [4.69, 9.17) is 18.9 Å². The molecule has 8 rings (SSSR count). The summed E-state index contributed by atoms with van der Waals surface area (Å²) in [7, 11) is 2.66. The average molecular weight is 997 g/mol. The van der Waals surface area contributed by atoms with Crippen LogP contribution in [-0.2, 0) is 15.9 Å². The molecule has 2 aromatic carbocycles. The van der Waals surface area contributed by atoms with E-state index >= 15 is 0 Å². The molecule has 0 radical (unpaired) electrons. The Morgan fingerprint density at radius 1 is 0.600 bits per heavy atom. The number of esters is 2. The van der Waals surface area contributed by atoms with Gasteiger partial charge in [0.25, 0.3) is 11.8 Å².